The topological polar surface area (TPSA) is 94.9 Å². The first-order valence-electron chi connectivity index (χ1n) is 8.21. The molecule has 0 fully saturated rings. The number of nitrogens with zero attached hydrogens (tertiary/aromatic N) is 2. The Morgan fingerprint density at radius 1 is 1.00 bits per heavy atom. The predicted molar refractivity (Wildman–Crippen MR) is 105 cm³/mol. The van der Waals surface area contributed by atoms with Gasteiger partial charge in [0.05, 0.1) is 28.0 Å². The van der Waals surface area contributed by atoms with Gasteiger partial charge in [-0.25, -0.2) is 13.4 Å². The standard InChI is InChI=1S/C20H18N4O2S/c1-14-7-9-18(11-15(14)2)27(25,26)24-17-8-10-20(22-13-17)23-19-6-4-3-5-16(19)12-21/h3-11,13,24H,1-2H3,(H,22,23). The van der Waals surface area contributed by atoms with E-state index in [0.29, 0.717) is 22.8 Å². The molecule has 0 radical (unpaired) electrons. The molecule has 1 heterocycles. The fourth-order valence-corrected chi connectivity index (χ4v) is 3.58. The molecule has 0 aliphatic heterocycles. The van der Waals surface area contributed by atoms with Gasteiger partial charge in [0.1, 0.15) is 11.9 Å². The first kappa shape index (κ1) is 18.4. The lowest BCUT2D eigenvalue weighted by Crippen LogP contribution is -2.13. The Kier molecular flexibility index (Phi) is 5.10. The van der Waals surface area contributed by atoms with Crippen molar-refractivity contribution in [2.75, 3.05) is 10.0 Å². The molecule has 0 bridgehead atoms. The van der Waals surface area contributed by atoms with E-state index in [9.17, 15) is 8.42 Å². The number of anilines is 3. The number of hydrogen-bond donors (Lipinski definition) is 2. The fourth-order valence-electron chi connectivity index (χ4n) is 2.45. The third-order valence-electron chi connectivity index (χ3n) is 4.11. The van der Waals surface area contributed by atoms with Gasteiger partial charge in [0.25, 0.3) is 10.0 Å². The summed E-state index contributed by atoms with van der Waals surface area (Å²) in [7, 11) is -3.69. The molecule has 0 aliphatic carbocycles. The number of nitriles is 1. The molecule has 136 valence electrons. The minimum Gasteiger partial charge on any atom is -0.339 e. The zero-order chi connectivity index (χ0) is 19.4. The van der Waals surface area contributed by atoms with Gasteiger partial charge in [-0.2, -0.15) is 5.26 Å². The van der Waals surface area contributed by atoms with E-state index in [1.54, 1.807) is 48.5 Å². The van der Waals surface area contributed by atoms with E-state index in [1.165, 1.54) is 6.20 Å². The van der Waals surface area contributed by atoms with Gasteiger partial charge < -0.3 is 5.32 Å². The Hall–Kier alpha value is -3.37. The van der Waals surface area contributed by atoms with E-state index in [2.05, 4.69) is 21.1 Å². The summed E-state index contributed by atoms with van der Waals surface area (Å²) < 4.78 is 27.6. The quantitative estimate of drug-likeness (QED) is 0.696. The molecule has 0 saturated carbocycles. The zero-order valence-electron chi connectivity index (χ0n) is 14.9. The molecule has 2 aromatic carbocycles. The maximum Gasteiger partial charge on any atom is 0.261 e. The average Bonchev–Trinajstić information content (AvgIpc) is 2.65. The third kappa shape index (κ3) is 4.25. The van der Waals surface area contributed by atoms with Crippen molar-refractivity contribution in [2.24, 2.45) is 0 Å². The number of aromatic nitrogens is 1. The molecule has 0 aliphatic rings. The Balaban J connectivity index is 1.77. The number of hydrogen-bond acceptors (Lipinski definition) is 5. The lowest BCUT2D eigenvalue weighted by molar-refractivity contribution is 0.601. The number of benzene rings is 2. The first-order chi connectivity index (χ1) is 12.9. The van der Waals surface area contributed by atoms with Crippen LogP contribution in [0.2, 0.25) is 0 Å². The highest BCUT2D eigenvalue weighted by molar-refractivity contribution is 7.92. The highest BCUT2D eigenvalue weighted by Gasteiger charge is 2.15. The van der Waals surface area contributed by atoms with E-state index < -0.39 is 10.0 Å². The van der Waals surface area contributed by atoms with Gasteiger partial charge in [-0.15, -0.1) is 0 Å². The number of aryl methyl sites for hydroxylation is 2. The Morgan fingerprint density at radius 2 is 1.78 bits per heavy atom. The highest BCUT2D eigenvalue weighted by atomic mass is 32.2. The minimum atomic E-state index is -3.69. The number of para-hydroxylation sites is 1. The maximum absolute atomic E-state index is 12.5. The zero-order valence-corrected chi connectivity index (χ0v) is 15.7. The van der Waals surface area contributed by atoms with Crippen molar-refractivity contribution in [2.45, 2.75) is 18.7 Å². The normalized spacial score (nSPS) is 10.9. The summed E-state index contributed by atoms with van der Waals surface area (Å²) in [5.74, 6) is 0.506. The van der Waals surface area contributed by atoms with Gasteiger partial charge in [0.2, 0.25) is 0 Å². The van der Waals surface area contributed by atoms with Gasteiger partial charge in [-0.1, -0.05) is 18.2 Å². The number of pyridine rings is 1. The van der Waals surface area contributed by atoms with Crippen LogP contribution in [0.1, 0.15) is 16.7 Å². The van der Waals surface area contributed by atoms with E-state index in [0.717, 1.165) is 11.1 Å². The molecule has 0 atom stereocenters. The molecular weight excluding hydrogens is 360 g/mol. The molecule has 27 heavy (non-hydrogen) atoms. The van der Waals surface area contributed by atoms with Crippen LogP contribution in [-0.4, -0.2) is 13.4 Å². The van der Waals surface area contributed by atoms with Gasteiger partial charge in [-0.05, 0) is 61.4 Å². The fraction of sp³-hybridized carbons (Fsp3) is 0.100. The molecule has 0 unspecified atom stereocenters. The van der Waals surface area contributed by atoms with E-state index in [4.69, 9.17) is 5.26 Å². The van der Waals surface area contributed by atoms with Crippen molar-refractivity contribution < 1.29 is 8.42 Å². The van der Waals surface area contributed by atoms with Gasteiger partial charge in [0.15, 0.2) is 0 Å². The van der Waals surface area contributed by atoms with Gasteiger partial charge >= 0.3 is 0 Å². The summed E-state index contributed by atoms with van der Waals surface area (Å²) >= 11 is 0. The van der Waals surface area contributed by atoms with Crippen LogP contribution in [0.25, 0.3) is 0 Å². The summed E-state index contributed by atoms with van der Waals surface area (Å²) in [6.45, 7) is 3.80. The molecule has 7 heteroatoms. The van der Waals surface area contributed by atoms with Crippen LogP contribution in [-0.2, 0) is 10.0 Å². The van der Waals surface area contributed by atoms with Crippen molar-refractivity contribution in [3.05, 3.63) is 77.5 Å². The average molecular weight is 378 g/mol. The van der Waals surface area contributed by atoms with Gasteiger partial charge in [0, 0.05) is 0 Å². The molecule has 1 aromatic heterocycles. The van der Waals surface area contributed by atoms with Crippen molar-refractivity contribution in [1.82, 2.24) is 4.98 Å². The summed E-state index contributed by atoms with van der Waals surface area (Å²) in [4.78, 5) is 4.42. The Bertz CT molecular complexity index is 1120. The summed E-state index contributed by atoms with van der Waals surface area (Å²) in [5.41, 5.74) is 3.43. The smallest absolute Gasteiger partial charge is 0.261 e. The largest absolute Gasteiger partial charge is 0.339 e. The SMILES string of the molecule is Cc1ccc(S(=O)(=O)Nc2ccc(Nc3ccccc3C#N)nc2)cc1C. The number of rotatable bonds is 5. The van der Waals surface area contributed by atoms with Crippen molar-refractivity contribution in [1.29, 1.82) is 5.26 Å². The van der Waals surface area contributed by atoms with Crippen LogP contribution in [0, 0.1) is 25.2 Å². The lowest BCUT2D eigenvalue weighted by atomic mass is 10.1. The molecule has 2 N–H and O–H groups in total. The van der Waals surface area contributed by atoms with E-state index >= 15 is 0 Å². The molecule has 0 saturated heterocycles. The second kappa shape index (κ2) is 7.48. The maximum atomic E-state index is 12.5. The third-order valence-corrected chi connectivity index (χ3v) is 5.49. The summed E-state index contributed by atoms with van der Waals surface area (Å²) in [6, 6.07) is 17.4. The van der Waals surface area contributed by atoms with Crippen LogP contribution in [0.3, 0.4) is 0 Å². The second-order valence-electron chi connectivity index (χ2n) is 6.07. The second-order valence-corrected chi connectivity index (χ2v) is 7.75. The summed E-state index contributed by atoms with van der Waals surface area (Å²) in [5, 5.41) is 12.2. The minimum absolute atomic E-state index is 0.204. The van der Waals surface area contributed by atoms with Crippen LogP contribution < -0.4 is 10.0 Å². The van der Waals surface area contributed by atoms with Crippen LogP contribution in [0.4, 0.5) is 17.2 Å². The van der Waals surface area contributed by atoms with Crippen molar-refractivity contribution >= 4 is 27.2 Å². The molecule has 3 aromatic rings. The molecular formula is C20H18N4O2S. The van der Waals surface area contributed by atoms with E-state index in [-0.39, 0.29) is 4.90 Å². The lowest BCUT2D eigenvalue weighted by Gasteiger charge is -2.11. The molecule has 6 nitrogen and oxygen atoms in total. The van der Waals surface area contributed by atoms with Crippen LogP contribution in [0.15, 0.2) is 65.7 Å². The first-order valence-corrected chi connectivity index (χ1v) is 9.69. The Morgan fingerprint density at radius 3 is 2.44 bits per heavy atom. The highest BCUT2D eigenvalue weighted by Crippen LogP contribution is 2.22. The Labute approximate surface area is 158 Å². The number of nitrogens with one attached hydrogen (secondary N) is 2. The number of sulfonamides is 1. The van der Waals surface area contributed by atoms with Crippen LogP contribution >= 0.6 is 0 Å². The predicted octanol–water partition coefficient (Wildman–Crippen LogP) is 4.11. The van der Waals surface area contributed by atoms with Crippen molar-refractivity contribution in [3.8, 4) is 6.07 Å². The van der Waals surface area contributed by atoms with E-state index in [1.807, 2.05) is 19.9 Å². The van der Waals surface area contributed by atoms with Crippen LogP contribution in [0.5, 0.6) is 0 Å². The molecule has 0 spiro atoms. The van der Waals surface area contributed by atoms with Gasteiger partial charge in [-0.3, -0.25) is 4.72 Å². The van der Waals surface area contributed by atoms with Crippen molar-refractivity contribution in [3.63, 3.8) is 0 Å². The molecule has 0 amide bonds. The molecule has 3 rings (SSSR count). The summed E-state index contributed by atoms with van der Waals surface area (Å²) in [6.07, 6.45) is 1.43. The monoisotopic (exact) mass is 378 g/mol.